The van der Waals surface area contributed by atoms with Crippen LogP contribution in [0.1, 0.15) is 5.56 Å². The predicted molar refractivity (Wildman–Crippen MR) is 91.3 cm³/mol. The number of hydrogen-bond acceptors (Lipinski definition) is 3. The Bertz CT molecular complexity index is 949. The highest BCUT2D eigenvalue weighted by Gasteiger charge is 2.15. The lowest BCUT2D eigenvalue weighted by atomic mass is 10.1. The highest BCUT2D eigenvalue weighted by atomic mass is 35.5. The minimum Gasteiger partial charge on any atom is -0.295 e. The van der Waals surface area contributed by atoms with Gasteiger partial charge in [-0.2, -0.15) is 0 Å². The number of benzene rings is 2. The molecule has 0 aliphatic carbocycles. The lowest BCUT2D eigenvalue weighted by Gasteiger charge is -2.05. The Kier molecular flexibility index (Phi) is 3.52. The van der Waals surface area contributed by atoms with Crippen LogP contribution in [0.15, 0.2) is 67.0 Å². The fraction of sp³-hybridized carbons (Fsp3) is 0.0556. The van der Waals surface area contributed by atoms with E-state index in [1.807, 2.05) is 53.1 Å². The van der Waals surface area contributed by atoms with E-state index < -0.39 is 0 Å². The Hall–Kier alpha value is -2.72. The normalized spacial score (nSPS) is 11.0. The third-order valence-electron chi connectivity index (χ3n) is 3.72. The molecule has 5 heteroatoms. The van der Waals surface area contributed by atoms with Gasteiger partial charge in [-0.25, -0.2) is 15.0 Å². The van der Waals surface area contributed by atoms with Gasteiger partial charge in [0.1, 0.15) is 17.5 Å². The number of hydrogen-bond donors (Lipinski definition) is 0. The van der Waals surface area contributed by atoms with Crippen molar-refractivity contribution in [3.8, 4) is 11.3 Å². The lowest BCUT2D eigenvalue weighted by Crippen LogP contribution is -2.01. The molecule has 0 spiro atoms. The third kappa shape index (κ3) is 2.58. The van der Waals surface area contributed by atoms with E-state index in [0.717, 1.165) is 28.0 Å². The molecule has 112 valence electrons. The second kappa shape index (κ2) is 5.82. The fourth-order valence-electron chi connectivity index (χ4n) is 2.62. The Balaban J connectivity index is 1.86. The Morgan fingerprint density at radius 3 is 2.30 bits per heavy atom. The highest BCUT2D eigenvalue weighted by molar-refractivity contribution is 6.29. The van der Waals surface area contributed by atoms with Crippen LogP contribution in [0, 0.1) is 0 Å². The van der Waals surface area contributed by atoms with Gasteiger partial charge in [-0.3, -0.25) is 4.57 Å². The molecule has 2 heterocycles. The van der Waals surface area contributed by atoms with Crippen molar-refractivity contribution in [3.05, 3.63) is 77.8 Å². The van der Waals surface area contributed by atoms with Crippen molar-refractivity contribution in [1.29, 1.82) is 0 Å². The summed E-state index contributed by atoms with van der Waals surface area (Å²) in [7, 11) is 0. The van der Waals surface area contributed by atoms with Crippen LogP contribution >= 0.6 is 11.6 Å². The summed E-state index contributed by atoms with van der Waals surface area (Å²) in [6, 6.07) is 20.1. The highest BCUT2D eigenvalue weighted by Crippen LogP contribution is 2.27. The smallest absolute Gasteiger partial charge is 0.205 e. The van der Waals surface area contributed by atoms with Crippen molar-refractivity contribution in [2.24, 2.45) is 0 Å². The number of rotatable bonds is 3. The topological polar surface area (TPSA) is 43.6 Å². The minimum atomic E-state index is 0.418. The zero-order valence-corrected chi connectivity index (χ0v) is 13.0. The van der Waals surface area contributed by atoms with Gasteiger partial charge in [-0.15, -0.1) is 0 Å². The maximum absolute atomic E-state index is 6.36. The molecular formula is C18H13ClN4. The molecule has 2 aromatic heterocycles. The Morgan fingerprint density at radius 1 is 0.870 bits per heavy atom. The van der Waals surface area contributed by atoms with Gasteiger partial charge in [0.2, 0.25) is 5.28 Å². The first-order chi connectivity index (χ1) is 11.3. The van der Waals surface area contributed by atoms with E-state index in [4.69, 9.17) is 11.6 Å². The second-order valence-corrected chi connectivity index (χ2v) is 5.55. The number of nitrogens with zero attached hydrogens (tertiary/aromatic N) is 4. The molecule has 23 heavy (non-hydrogen) atoms. The molecule has 0 radical (unpaired) electrons. The zero-order valence-electron chi connectivity index (χ0n) is 12.2. The molecule has 0 fully saturated rings. The quantitative estimate of drug-likeness (QED) is 0.531. The van der Waals surface area contributed by atoms with Crippen LogP contribution in [0.25, 0.3) is 22.4 Å². The van der Waals surface area contributed by atoms with Gasteiger partial charge in [0, 0.05) is 5.56 Å². The van der Waals surface area contributed by atoms with E-state index in [2.05, 4.69) is 27.1 Å². The molecule has 4 rings (SSSR count). The maximum atomic E-state index is 6.36. The standard InChI is InChI=1S/C18H13ClN4/c19-18-22-16-15(14-9-5-2-6-10-14)20-12-21-17(16)23(18)11-13-7-3-1-4-8-13/h1-10,12H,11H2. The molecule has 0 atom stereocenters. The van der Waals surface area contributed by atoms with Crippen molar-refractivity contribution >= 4 is 22.8 Å². The molecule has 0 aliphatic rings. The fourth-order valence-corrected chi connectivity index (χ4v) is 2.85. The predicted octanol–water partition coefficient (Wildman–Crippen LogP) is 4.20. The van der Waals surface area contributed by atoms with Gasteiger partial charge in [0.25, 0.3) is 0 Å². The Morgan fingerprint density at radius 2 is 1.57 bits per heavy atom. The number of aromatic nitrogens is 4. The summed E-state index contributed by atoms with van der Waals surface area (Å²) < 4.78 is 1.90. The first-order valence-electron chi connectivity index (χ1n) is 7.29. The molecule has 0 unspecified atom stereocenters. The first kappa shape index (κ1) is 13.9. The average Bonchev–Trinajstić information content (AvgIpc) is 2.92. The minimum absolute atomic E-state index is 0.418. The molecule has 0 amide bonds. The Labute approximate surface area is 138 Å². The molecule has 2 aromatic carbocycles. The summed E-state index contributed by atoms with van der Waals surface area (Å²) in [6.07, 6.45) is 1.56. The zero-order chi connectivity index (χ0) is 15.6. The van der Waals surface area contributed by atoms with Crippen LogP contribution in [0.4, 0.5) is 0 Å². The molecule has 4 aromatic rings. The van der Waals surface area contributed by atoms with Crippen molar-refractivity contribution in [2.45, 2.75) is 6.54 Å². The van der Waals surface area contributed by atoms with E-state index in [1.165, 1.54) is 0 Å². The van der Waals surface area contributed by atoms with Crippen LogP contribution < -0.4 is 0 Å². The van der Waals surface area contributed by atoms with Gasteiger partial charge in [0.15, 0.2) is 5.65 Å². The van der Waals surface area contributed by atoms with Crippen molar-refractivity contribution in [1.82, 2.24) is 19.5 Å². The summed E-state index contributed by atoms with van der Waals surface area (Å²) in [6.45, 7) is 0.626. The van der Waals surface area contributed by atoms with Crippen LogP contribution in [0.2, 0.25) is 5.28 Å². The number of halogens is 1. The van der Waals surface area contributed by atoms with E-state index >= 15 is 0 Å². The van der Waals surface area contributed by atoms with Crippen molar-refractivity contribution in [3.63, 3.8) is 0 Å². The van der Waals surface area contributed by atoms with Crippen molar-refractivity contribution in [2.75, 3.05) is 0 Å². The van der Waals surface area contributed by atoms with Crippen LogP contribution in [0.3, 0.4) is 0 Å². The van der Waals surface area contributed by atoms with Crippen LogP contribution in [-0.2, 0) is 6.54 Å². The molecule has 0 saturated heterocycles. The first-order valence-corrected chi connectivity index (χ1v) is 7.67. The monoisotopic (exact) mass is 320 g/mol. The molecule has 4 nitrogen and oxygen atoms in total. The summed E-state index contributed by atoms with van der Waals surface area (Å²) in [5.74, 6) is 0. The summed E-state index contributed by atoms with van der Waals surface area (Å²) in [5.41, 5.74) is 4.41. The van der Waals surface area contributed by atoms with Crippen LogP contribution in [-0.4, -0.2) is 19.5 Å². The maximum Gasteiger partial charge on any atom is 0.205 e. The summed E-state index contributed by atoms with van der Waals surface area (Å²) >= 11 is 6.36. The second-order valence-electron chi connectivity index (χ2n) is 5.21. The summed E-state index contributed by atoms with van der Waals surface area (Å²) in [4.78, 5) is 13.3. The van der Waals surface area contributed by atoms with Gasteiger partial charge in [-0.05, 0) is 17.2 Å². The lowest BCUT2D eigenvalue weighted by molar-refractivity contribution is 0.814. The van der Waals surface area contributed by atoms with Crippen molar-refractivity contribution < 1.29 is 0 Å². The molecule has 0 saturated carbocycles. The van der Waals surface area contributed by atoms with Gasteiger partial charge in [-0.1, -0.05) is 60.7 Å². The van der Waals surface area contributed by atoms with Crippen LogP contribution in [0.5, 0.6) is 0 Å². The molecular weight excluding hydrogens is 308 g/mol. The SMILES string of the molecule is Clc1nc2c(-c3ccccc3)ncnc2n1Cc1ccccc1. The number of fused-ring (bicyclic) bond motifs is 1. The van der Waals surface area contributed by atoms with Gasteiger partial charge >= 0.3 is 0 Å². The van der Waals surface area contributed by atoms with Gasteiger partial charge < -0.3 is 0 Å². The largest absolute Gasteiger partial charge is 0.295 e. The molecule has 0 bridgehead atoms. The average molecular weight is 321 g/mol. The van der Waals surface area contributed by atoms with Gasteiger partial charge in [0.05, 0.1) is 6.54 Å². The molecule has 0 N–H and O–H groups in total. The summed E-state index contributed by atoms with van der Waals surface area (Å²) in [5, 5.41) is 0.418. The van der Waals surface area contributed by atoms with E-state index in [1.54, 1.807) is 6.33 Å². The van der Waals surface area contributed by atoms with E-state index in [-0.39, 0.29) is 0 Å². The van der Waals surface area contributed by atoms with E-state index in [9.17, 15) is 0 Å². The molecule has 0 aliphatic heterocycles. The third-order valence-corrected chi connectivity index (χ3v) is 4.00. The van der Waals surface area contributed by atoms with E-state index in [0.29, 0.717) is 11.8 Å². The number of imidazole rings is 1.